The SMILES string of the molecule is CCc1cccc(CC)c1NC(=O)/C(C#N)=N/Nc1ccc(S(=O)(=O)Nc2ncccn2)cc1. The van der Waals surface area contributed by atoms with Gasteiger partial charge in [-0.25, -0.2) is 23.1 Å². The number of nitriles is 1. The maximum absolute atomic E-state index is 12.7. The van der Waals surface area contributed by atoms with Crippen LogP contribution in [0.5, 0.6) is 0 Å². The number of carbonyl (C=O) groups is 1. The predicted molar refractivity (Wildman–Crippen MR) is 130 cm³/mol. The number of hydrazone groups is 1. The van der Waals surface area contributed by atoms with E-state index in [4.69, 9.17) is 0 Å². The van der Waals surface area contributed by atoms with Gasteiger partial charge in [-0.05, 0) is 54.3 Å². The number of hydrogen-bond acceptors (Lipinski definition) is 8. The van der Waals surface area contributed by atoms with E-state index in [9.17, 15) is 18.5 Å². The van der Waals surface area contributed by atoms with Gasteiger partial charge in [0.1, 0.15) is 6.07 Å². The number of aryl methyl sites for hydroxylation is 2. The standard InChI is InChI=1S/C23H23N7O3S/c1-3-16-7-5-8-17(4-2)21(16)27-22(31)20(15-24)29-28-18-9-11-19(12-10-18)34(32,33)30-23-25-13-6-14-26-23/h5-14,28H,3-4H2,1-2H3,(H,27,31)(H,25,26,30)/b29-20+. The van der Waals surface area contributed by atoms with Gasteiger partial charge >= 0.3 is 0 Å². The molecule has 3 aromatic rings. The molecule has 1 aromatic heterocycles. The molecule has 11 heteroatoms. The molecule has 3 N–H and O–H groups in total. The monoisotopic (exact) mass is 477 g/mol. The maximum Gasteiger partial charge on any atom is 0.287 e. The third-order valence-electron chi connectivity index (χ3n) is 4.81. The van der Waals surface area contributed by atoms with E-state index in [1.807, 2.05) is 32.0 Å². The molecule has 3 rings (SSSR count). The summed E-state index contributed by atoms with van der Waals surface area (Å²) in [6.07, 6.45) is 4.29. The Hall–Kier alpha value is -4.30. The third kappa shape index (κ3) is 5.93. The number of sulfonamides is 1. The van der Waals surface area contributed by atoms with Gasteiger partial charge in [-0.15, -0.1) is 0 Å². The van der Waals surface area contributed by atoms with E-state index in [1.165, 1.54) is 36.7 Å². The molecule has 10 nitrogen and oxygen atoms in total. The lowest BCUT2D eigenvalue weighted by molar-refractivity contribution is -0.110. The summed E-state index contributed by atoms with van der Waals surface area (Å²) in [5.41, 5.74) is 5.24. The van der Waals surface area contributed by atoms with Crippen LogP contribution in [0.2, 0.25) is 0 Å². The molecule has 174 valence electrons. The minimum atomic E-state index is -3.88. The number of hydrogen-bond donors (Lipinski definition) is 3. The number of aromatic nitrogens is 2. The summed E-state index contributed by atoms with van der Waals surface area (Å²) in [5, 5.41) is 16.1. The Morgan fingerprint density at radius 2 is 1.62 bits per heavy atom. The molecule has 0 aliphatic heterocycles. The quantitative estimate of drug-likeness (QED) is 0.316. The molecule has 0 fully saturated rings. The van der Waals surface area contributed by atoms with Crippen LogP contribution < -0.4 is 15.5 Å². The van der Waals surface area contributed by atoms with E-state index in [1.54, 1.807) is 12.1 Å². The first kappa shape index (κ1) is 24.3. The second kappa shape index (κ2) is 11.0. The second-order valence-corrected chi connectivity index (χ2v) is 8.68. The van der Waals surface area contributed by atoms with Gasteiger partial charge in [0.25, 0.3) is 15.9 Å². The lowest BCUT2D eigenvalue weighted by Gasteiger charge is -2.13. The summed E-state index contributed by atoms with van der Waals surface area (Å²) in [4.78, 5) is 20.3. The molecule has 2 aromatic carbocycles. The average Bonchev–Trinajstić information content (AvgIpc) is 2.85. The van der Waals surface area contributed by atoms with Crippen LogP contribution >= 0.6 is 0 Å². The number of para-hydroxylation sites is 1. The largest absolute Gasteiger partial charge is 0.319 e. The number of nitrogens with one attached hydrogen (secondary N) is 3. The molecule has 0 aliphatic rings. The molecular weight excluding hydrogens is 454 g/mol. The molecule has 0 spiro atoms. The van der Waals surface area contributed by atoms with Crippen molar-refractivity contribution < 1.29 is 13.2 Å². The summed E-state index contributed by atoms with van der Waals surface area (Å²) in [5.74, 6) is -0.688. The van der Waals surface area contributed by atoms with Crippen LogP contribution in [0.1, 0.15) is 25.0 Å². The number of nitrogens with zero attached hydrogens (tertiary/aromatic N) is 4. The third-order valence-corrected chi connectivity index (χ3v) is 6.16. The molecule has 0 saturated carbocycles. The highest BCUT2D eigenvalue weighted by molar-refractivity contribution is 7.92. The van der Waals surface area contributed by atoms with Gasteiger partial charge in [0.15, 0.2) is 0 Å². The molecule has 1 amide bonds. The highest BCUT2D eigenvalue weighted by Gasteiger charge is 2.17. The molecule has 34 heavy (non-hydrogen) atoms. The van der Waals surface area contributed by atoms with Crippen molar-refractivity contribution in [1.82, 2.24) is 9.97 Å². The summed E-state index contributed by atoms with van der Waals surface area (Å²) >= 11 is 0. The molecule has 0 aliphatic carbocycles. The Labute approximate surface area is 197 Å². The lowest BCUT2D eigenvalue weighted by Crippen LogP contribution is -2.24. The van der Waals surface area contributed by atoms with Crippen molar-refractivity contribution in [2.24, 2.45) is 5.10 Å². The molecular formula is C23H23N7O3S. The highest BCUT2D eigenvalue weighted by Crippen LogP contribution is 2.22. The number of carbonyl (C=O) groups excluding carboxylic acids is 1. The summed E-state index contributed by atoms with van der Waals surface area (Å²) in [6, 6.07) is 14.7. The summed E-state index contributed by atoms with van der Waals surface area (Å²) in [6.45, 7) is 3.97. The van der Waals surface area contributed by atoms with E-state index in [0.717, 1.165) is 24.0 Å². The van der Waals surface area contributed by atoms with Crippen LogP contribution in [0.4, 0.5) is 17.3 Å². The van der Waals surface area contributed by atoms with E-state index in [0.29, 0.717) is 11.4 Å². The topological polar surface area (TPSA) is 149 Å². The van der Waals surface area contributed by atoms with Crippen molar-refractivity contribution in [3.63, 3.8) is 0 Å². The Kier molecular flexibility index (Phi) is 7.89. The minimum Gasteiger partial charge on any atom is -0.319 e. The fourth-order valence-corrected chi connectivity index (χ4v) is 4.02. The first-order chi connectivity index (χ1) is 16.4. The Bertz CT molecular complexity index is 1310. The van der Waals surface area contributed by atoms with E-state index >= 15 is 0 Å². The highest BCUT2D eigenvalue weighted by atomic mass is 32.2. The van der Waals surface area contributed by atoms with Gasteiger partial charge in [0.2, 0.25) is 11.7 Å². The number of benzene rings is 2. The van der Waals surface area contributed by atoms with Gasteiger partial charge < -0.3 is 5.32 Å². The zero-order valence-electron chi connectivity index (χ0n) is 18.6. The van der Waals surface area contributed by atoms with Crippen LogP contribution in [0.15, 0.2) is 70.9 Å². The average molecular weight is 478 g/mol. The zero-order chi connectivity index (χ0) is 24.6. The maximum atomic E-state index is 12.7. The van der Waals surface area contributed by atoms with Gasteiger partial charge in [-0.2, -0.15) is 10.4 Å². The molecule has 0 radical (unpaired) electrons. The Balaban J connectivity index is 1.72. The smallest absolute Gasteiger partial charge is 0.287 e. The summed E-state index contributed by atoms with van der Waals surface area (Å²) < 4.78 is 27.2. The van der Waals surface area contributed by atoms with Crippen LogP contribution in [0, 0.1) is 11.3 Å². The number of rotatable bonds is 9. The molecule has 0 atom stereocenters. The van der Waals surface area contributed by atoms with Gasteiger partial charge in [-0.3, -0.25) is 10.2 Å². The van der Waals surface area contributed by atoms with Crippen molar-refractivity contribution in [3.8, 4) is 6.07 Å². The Morgan fingerprint density at radius 3 is 2.18 bits per heavy atom. The van der Waals surface area contributed by atoms with E-state index < -0.39 is 15.9 Å². The molecule has 0 unspecified atom stereocenters. The second-order valence-electron chi connectivity index (χ2n) is 7.00. The van der Waals surface area contributed by atoms with Crippen LogP contribution in [0.3, 0.4) is 0 Å². The first-order valence-corrected chi connectivity index (χ1v) is 11.9. The molecule has 0 bridgehead atoms. The van der Waals surface area contributed by atoms with Gasteiger partial charge in [0, 0.05) is 18.1 Å². The van der Waals surface area contributed by atoms with Crippen molar-refractivity contribution in [2.45, 2.75) is 31.6 Å². The molecule has 1 heterocycles. The lowest BCUT2D eigenvalue weighted by atomic mass is 10.0. The van der Waals surface area contributed by atoms with Crippen LogP contribution in [0.25, 0.3) is 0 Å². The summed E-state index contributed by atoms with van der Waals surface area (Å²) in [7, 11) is -3.88. The van der Waals surface area contributed by atoms with Gasteiger partial charge in [-0.1, -0.05) is 32.0 Å². The van der Waals surface area contributed by atoms with E-state index in [-0.39, 0.29) is 16.6 Å². The fourth-order valence-electron chi connectivity index (χ4n) is 3.06. The fraction of sp³-hybridized carbons (Fsp3) is 0.174. The van der Waals surface area contributed by atoms with Crippen molar-refractivity contribution in [3.05, 3.63) is 72.1 Å². The van der Waals surface area contributed by atoms with Crippen LogP contribution in [-0.2, 0) is 27.7 Å². The van der Waals surface area contributed by atoms with Crippen molar-refractivity contribution in [1.29, 1.82) is 5.26 Å². The van der Waals surface area contributed by atoms with Crippen LogP contribution in [-0.4, -0.2) is 30.0 Å². The zero-order valence-corrected chi connectivity index (χ0v) is 19.4. The normalized spacial score (nSPS) is 11.4. The number of amides is 1. The predicted octanol–water partition coefficient (Wildman–Crippen LogP) is 3.33. The molecule has 0 saturated heterocycles. The number of anilines is 3. The van der Waals surface area contributed by atoms with E-state index in [2.05, 4.69) is 30.5 Å². The minimum absolute atomic E-state index is 0.0176. The van der Waals surface area contributed by atoms with Crippen molar-refractivity contribution >= 4 is 39.0 Å². The van der Waals surface area contributed by atoms with Crippen molar-refractivity contribution in [2.75, 3.05) is 15.5 Å². The first-order valence-electron chi connectivity index (χ1n) is 10.4. The Morgan fingerprint density at radius 1 is 1.00 bits per heavy atom. The van der Waals surface area contributed by atoms with Gasteiger partial charge in [0.05, 0.1) is 10.6 Å².